The molecule has 0 amide bonds. The highest BCUT2D eigenvalue weighted by Crippen LogP contribution is 2.46. The summed E-state index contributed by atoms with van der Waals surface area (Å²) in [6.07, 6.45) is 1.86. The monoisotopic (exact) mass is 392 g/mol. The number of nitro groups is 1. The molecule has 29 heavy (non-hydrogen) atoms. The first-order valence-electron chi connectivity index (χ1n) is 9.85. The summed E-state index contributed by atoms with van der Waals surface area (Å²) in [6, 6.07) is 6.35. The Hall–Kier alpha value is -2.89. The maximum absolute atomic E-state index is 13.2. The van der Waals surface area contributed by atoms with Crippen molar-refractivity contribution in [3.63, 3.8) is 0 Å². The van der Waals surface area contributed by atoms with Crippen molar-refractivity contribution in [2.24, 2.45) is 10.8 Å². The van der Waals surface area contributed by atoms with Gasteiger partial charge < -0.3 is 0 Å². The van der Waals surface area contributed by atoms with E-state index in [4.69, 9.17) is 4.98 Å². The van der Waals surface area contributed by atoms with Crippen LogP contribution in [0.1, 0.15) is 72.6 Å². The molecule has 0 atom stereocenters. The Balaban J connectivity index is 2.11. The van der Waals surface area contributed by atoms with Crippen molar-refractivity contribution in [2.75, 3.05) is 0 Å². The van der Waals surface area contributed by atoms with E-state index in [1.54, 1.807) is 18.2 Å². The number of fused-ring (bicyclic) bond motifs is 2. The number of pyridine rings is 1. The summed E-state index contributed by atoms with van der Waals surface area (Å²) in [5.41, 5.74) is 2.27. The highest BCUT2D eigenvalue weighted by atomic mass is 16.6. The highest BCUT2D eigenvalue weighted by molar-refractivity contribution is 6.13. The zero-order valence-electron chi connectivity index (χ0n) is 17.2. The van der Waals surface area contributed by atoms with Crippen LogP contribution >= 0.6 is 0 Å². The first kappa shape index (κ1) is 19.4. The average molecular weight is 392 g/mol. The highest BCUT2D eigenvalue weighted by Gasteiger charge is 2.41. The largest absolute Gasteiger partial charge is 0.294 e. The van der Waals surface area contributed by atoms with Crippen molar-refractivity contribution in [2.45, 2.75) is 53.4 Å². The molecule has 4 rings (SSSR count). The number of hydrogen-bond acceptors (Lipinski definition) is 5. The predicted octanol–water partition coefficient (Wildman–Crippen LogP) is 4.97. The Bertz CT molecular complexity index is 1030. The number of nitrogens with zero attached hydrogens (tertiary/aromatic N) is 2. The van der Waals surface area contributed by atoms with Crippen LogP contribution in [0.15, 0.2) is 24.3 Å². The molecule has 0 spiro atoms. The third-order valence-electron chi connectivity index (χ3n) is 5.85. The van der Waals surface area contributed by atoms with Gasteiger partial charge in [-0.05, 0) is 29.7 Å². The summed E-state index contributed by atoms with van der Waals surface area (Å²) in [5.74, 6) is -0.199. The van der Waals surface area contributed by atoms with Gasteiger partial charge in [0.25, 0.3) is 5.69 Å². The van der Waals surface area contributed by atoms with Crippen LogP contribution in [0.2, 0.25) is 0 Å². The molecule has 6 heteroatoms. The lowest BCUT2D eigenvalue weighted by Gasteiger charge is -2.35. The third-order valence-corrected chi connectivity index (χ3v) is 5.85. The van der Waals surface area contributed by atoms with Gasteiger partial charge in [0.15, 0.2) is 11.6 Å². The fraction of sp³-hybridized carbons (Fsp3) is 0.435. The number of carbonyl (C=O) groups excluding carboxylic acids is 2. The number of carbonyl (C=O) groups is 2. The number of nitro benzene ring substituents is 1. The lowest BCUT2D eigenvalue weighted by atomic mass is 9.69. The Morgan fingerprint density at radius 2 is 1.31 bits per heavy atom. The minimum absolute atomic E-state index is 0.0987. The summed E-state index contributed by atoms with van der Waals surface area (Å²) in [7, 11) is 0. The van der Waals surface area contributed by atoms with Gasteiger partial charge in [-0.15, -0.1) is 0 Å². The Morgan fingerprint density at radius 3 is 1.79 bits per heavy atom. The molecule has 2 aliphatic rings. The molecule has 0 bridgehead atoms. The molecule has 0 fully saturated rings. The smallest absolute Gasteiger partial charge is 0.277 e. The number of para-hydroxylation sites is 1. The molecule has 0 saturated carbocycles. The second-order valence-corrected chi connectivity index (χ2v) is 9.79. The maximum Gasteiger partial charge on any atom is 0.277 e. The lowest BCUT2D eigenvalue weighted by Crippen LogP contribution is -2.34. The van der Waals surface area contributed by atoms with Gasteiger partial charge in [0.2, 0.25) is 0 Å². The topological polar surface area (TPSA) is 90.2 Å². The van der Waals surface area contributed by atoms with Gasteiger partial charge in [-0.1, -0.05) is 39.8 Å². The molecule has 0 saturated heterocycles. The molecule has 0 unspecified atom stereocenters. The molecule has 2 aliphatic carbocycles. The molecule has 0 radical (unpaired) electrons. The van der Waals surface area contributed by atoms with Crippen molar-refractivity contribution in [1.29, 1.82) is 0 Å². The molecule has 1 aromatic heterocycles. The zero-order chi connectivity index (χ0) is 21.1. The molecule has 1 aromatic carbocycles. The van der Waals surface area contributed by atoms with Crippen molar-refractivity contribution in [1.82, 2.24) is 4.98 Å². The van der Waals surface area contributed by atoms with Crippen molar-refractivity contribution < 1.29 is 14.5 Å². The van der Waals surface area contributed by atoms with E-state index in [-0.39, 0.29) is 28.1 Å². The van der Waals surface area contributed by atoms with Crippen LogP contribution in [-0.4, -0.2) is 21.5 Å². The van der Waals surface area contributed by atoms with E-state index in [2.05, 4.69) is 0 Å². The number of rotatable bonds is 2. The van der Waals surface area contributed by atoms with Gasteiger partial charge in [-0.25, -0.2) is 0 Å². The summed E-state index contributed by atoms with van der Waals surface area (Å²) < 4.78 is 0. The van der Waals surface area contributed by atoms with Crippen LogP contribution < -0.4 is 0 Å². The van der Waals surface area contributed by atoms with Gasteiger partial charge in [0.05, 0.1) is 21.9 Å². The fourth-order valence-corrected chi connectivity index (χ4v) is 4.74. The van der Waals surface area contributed by atoms with Crippen LogP contribution in [0, 0.1) is 20.9 Å². The Kier molecular flexibility index (Phi) is 4.22. The molecule has 6 nitrogen and oxygen atoms in total. The van der Waals surface area contributed by atoms with Crippen molar-refractivity contribution >= 4 is 17.3 Å². The Morgan fingerprint density at radius 1 is 0.828 bits per heavy atom. The van der Waals surface area contributed by atoms with E-state index >= 15 is 0 Å². The molecular weight excluding hydrogens is 368 g/mol. The minimum Gasteiger partial charge on any atom is -0.294 e. The first-order valence-corrected chi connectivity index (χ1v) is 9.85. The number of benzene rings is 1. The normalized spacial score (nSPS) is 19.4. The molecule has 2 aromatic rings. The maximum atomic E-state index is 13.2. The van der Waals surface area contributed by atoms with Crippen molar-refractivity contribution in [3.05, 3.63) is 56.9 Å². The standard InChI is InChI=1S/C23H24N2O4/c1-22(2)9-14-20(17(26)11-22)19(13-7-5-6-8-16(13)25(28)29)21-15(24-14)10-23(3,4)12-18(21)27/h5-8H,9-12H2,1-4H3. The van der Waals surface area contributed by atoms with E-state index < -0.39 is 4.92 Å². The van der Waals surface area contributed by atoms with E-state index in [1.165, 1.54) is 6.07 Å². The zero-order valence-corrected chi connectivity index (χ0v) is 17.2. The van der Waals surface area contributed by atoms with Crippen molar-refractivity contribution in [3.8, 4) is 11.1 Å². The quantitative estimate of drug-likeness (QED) is 0.532. The van der Waals surface area contributed by atoms with E-state index in [0.717, 1.165) is 0 Å². The number of ketones is 2. The van der Waals surface area contributed by atoms with Gasteiger partial charge >= 0.3 is 0 Å². The summed E-state index contributed by atoms with van der Waals surface area (Å²) >= 11 is 0. The van der Waals surface area contributed by atoms with Gasteiger partial charge in [-0.3, -0.25) is 24.7 Å². The molecular formula is C23H24N2O4. The predicted molar refractivity (Wildman–Crippen MR) is 109 cm³/mol. The summed E-state index contributed by atoms with van der Waals surface area (Å²) in [4.78, 5) is 42.4. The van der Waals surface area contributed by atoms with Gasteiger partial charge in [0.1, 0.15) is 0 Å². The van der Waals surface area contributed by atoms with E-state index in [1.807, 2.05) is 27.7 Å². The Labute approximate surface area is 169 Å². The fourth-order valence-electron chi connectivity index (χ4n) is 4.74. The number of aromatic nitrogens is 1. The minimum atomic E-state index is -0.455. The van der Waals surface area contributed by atoms with Crippen LogP contribution in [0.4, 0.5) is 5.69 Å². The molecule has 0 N–H and O–H groups in total. The second kappa shape index (κ2) is 6.31. The SMILES string of the molecule is CC1(C)CC(=O)c2c(nc3c(c2-c2ccccc2[N+](=O)[O-])C(=O)CC(C)(C)C3)C1. The van der Waals surface area contributed by atoms with Gasteiger partial charge in [0, 0.05) is 35.6 Å². The molecule has 1 heterocycles. The molecule has 0 aliphatic heterocycles. The second-order valence-electron chi connectivity index (χ2n) is 9.79. The van der Waals surface area contributed by atoms with E-state index in [9.17, 15) is 19.7 Å². The average Bonchev–Trinajstić information content (AvgIpc) is 2.57. The van der Waals surface area contributed by atoms with Crippen LogP contribution in [0.25, 0.3) is 11.1 Å². The summed E-state index contributed by atoms with van der Waals surface area (Å²) in [6.45, 7) is 8.09. The number of hydrogen-bond donors (Lipinski definition) is 0. The van der Waals surface area contributed by atoms with Gasteiger partial charge in [-0.2, -0.15) is 0 Å². The van der Waals surface area contributed by atoms with Crippen LogP contribution in [0.5, 0.6) is 0 Å². The number of Topliss-reactive ketones (excluding diaryl/α,β-unsaturated/α-hetero) is 2. The third kappa shape index (κ3) is 3.26. The summed E-state index contributed by atoms with van der Waals surface area (Å²) in [5, 5.41) is 11.7. The molecule has 150 valence electrons. The van der Waals surface area contributed by atoms with Crippen LogP contribution in [-0.2, 0) is 12.8 Å². The first-order chi connectivity index (χ1) is 13.5. The van der Waals surface area contributed by atoms with E-state index in [0.29, 0.717) is 59.3 Å². The lowest BCUT2D eigenvalue weighted by molar-refractivity contribution is -0.384. The van der Waals surface area contributed by atoms with Crippen LogP contribution in [0.3, 0.4) is 0 Å².